The van der Waals surface area contributed by atoms with Crippen molar-refractivity contribution in [2.45, 2.75) is 23.5 Å². The number of amides is 2. The van der Waals surface area contributed by atoms with Gasteiger partial charge in [-0.1, -0.05) is 25.1 Å². The Kier molecular flexibility index (Phi) is 8.72. The molecule has 9 nitrogen and oxygen atoms in total. The summed E-state index contributed by atoms with van der Waals surface area (Å²) in [5, 5.41) is 18.6. The van der Waals surface area contributed by atoms with Gasteiger partial charge in [-0.3, -0.25) is 19.7 Å². The number of thiazole rings is 1. The van der Waals surface area contributed by atoms with Gasteiger partial charge in [0.05, 0.1) is 23.0 Å². The highest BCUT2D eigenvalue weighted by Crippen LogP contribution is 2.31. The Labute approximate surface area is 227 Å². The van der Waals surface area contributed by atoms with Gasteiger partial charge < -0.3 is 15.4 Å². The van der Waals surface area contributed by atoms with Crippen LogP contribution in [0.3, 0.4) is 0 Å². The Morgan fingerprint density at radius 2 is 1.84 bits per heavy atom. The number of nitrogens with one attached hydrogen (secondary N) is 2. The number of nitro groups is 1. The highest BCUT2D eigenvalue weighted by Gasteiger charge is 2.20. The van der Waals surface area contributed by atoms with Gasteiger partial charge >= 0.3 is 0 Å². The number of carbonyl (C=O) groups excluding carboxylic acids is 2. The largest absolute Gasteiger partial charge is 0.497 e. The van der Waals surface area contributed by atoms with Gasteiger partial charge in [0.2, 0.25) is 5.91 Å². The van der Waals surface area contributed by atoms with Gasteiger partial charge in [-0.2, -0.15) is 0 Å². The molecule has 194 valence electrons. The number of thioether (sulfide) groups is 1. The van der Waals surface area contributed by atoms with Crippen molar-refractivity contribution in [1.82, 2.24) is 4.98 Å². The van der Waals surface area contributed by atoms with Gasteiger partial charge in [-0.15, -0.1) is 23.1 Å². The molecule has 0 fully saturated rings. The van der Waals surface area contributed by atoms with Crippen LogP contribution in [0.1, 0.15) is 23.7 Å². The molecule has 3 aromatic carbocycles. The minimum atomic E-state index is -0.457. The molecule has 1 aromatic heterocycles. The fourth-order valence-electron chi connectivity index (χ4n) is 3.51. The predicted molar refractivity (Wildman–Crippen MR) is 150 cm³/mol. The van der Waals surface area contributed by atoms with E-state index in [9.17, 15) is 19.7 Å². The van der Waals surface area contributed by atoms with Crippen molar-refractivity contribution in [3.63, 3.8) is 0 Å². The van der Waals surface area contributed by atoms with Crippen LogP contribution in [0.25, 0.3) is 11.3 Å². The summed E-state index contributed by atoms with van der Waals surface area (Å²) in [6.45, 7) is 1.92. The van der Waals surface area contributed by atoms with Crippen molar-refractivity contribution < 1.29 is 19.2 Å². The summed E-state index contributed by atoms with van der Waals surface area (Å²) in [6, 6.07) is 20.3. The van der Waals surface area contributed by atoms with Crippen LogP contribution in [-0.2, 0) is 4.79 Å². The average Bonchev–Trinajstić information content (AvgIpc) is 3.40. The lowest BCUT2D eigenvalue weighted by molar-refractivity contribution is -0.384. The van der Waals surface area contributed by atoms with E-state index in [0.717, 1.165) is 4.90 Å². The third-order valence-electron chi connectivity index (χ3n) is 5.47. The second-order valence-electron chi connectivity index (χ2n) is 8.06. The van der Waals surface area contributed by atoms with Gasteiger partial charge in [0, 0.05) is 39.2 Å². The zero-order valence-corrected chi connectivity index (χ0v) is 22.2. The molecule has 2 amide bonds. The number of benzene rings is 3. The van der Waals surface area contributed by atoms with E-state index in [-0.39, 0.29) is 17.5 Å². The Morgan fingerprint density at radius 1 is 1.08 bits per heavy atom. The molecule has 0 radical (unpaired) electrons. The minimum absolute atomic E-state index is 0.0223. The molecule has 11 heteroatoms. The summed E-state index contributed by atoms with van der Waals surface area (Å²) < 4.78 is 5.13. The van der Waals surface area contributed by atoms with Crippen molar-refractivity contribution in [3.8, 4) is 17.0 Å². The maximum absolute atomic E-state index is 13.0. The molecule has 0 aliphatic heterocycles. The highest BCUT2D eigenvalue weighted by molar-refractivity contribution is 8.00. The van der Waals surface area contributed by atoms with Crippen molar-refractivity contribution in [2.24, 2.45) is 0 Å². The minimum Gasteiger partial charge on any atom is -0.497 e. The molecule has 0 spiro atoms. The van der Waals surface area contributed by atoms with E-state index in [2.05, 4.69) is 15.6 Å². The normalized spacial score (nSPS) is 11.4. The van der Waals surface area contributed by atoms with E-state index in [0.29, 0.717) is 39.8 Å². The van der Waals surface area contributed by atoms with Crippen LogP contribution in [0.4, 0.5) is 16.5 Å². The third kappa shape index (κ3) is 6.75. The molecule has 0 aliphatic carbocycles. The summed E-state index contributed by atoms with van der Waals surface area (Å²) in [4.78, 5) is 41.5. The summed E-state index contributed by atoms with van der Waals surface area (Å²) in [7, 11) is 1.57. The van der Waals surface area contributed by atoms with Crippen LogP contribution >= 0.6 is 23.1 Å². The number of rotatable bonds is 10. The molecule has 1 heterocycles. The van der Waals surface area contributed by atoms with E-state index >= 15 is 0 Å². The molecule has 4 rings (SSSR count). The number of nitrogens with zero attached hydrogens (tertiary/aromatic N) is 2. The van der Waals surface area contributed by atoms with Crippen LogP contribution in [0.15, 0.2) is 83.1 Å². The van der Waals surface area contributed by atoms with Gasteiger partial charge in [-0.25, -0.2) is 4.98 Å². The summed E-state index contributed by atoms with van der Waals surface area (Å²) in [5.41, 5.74) is 2.25. The van der Waals surface area contributed by atoms with Crippen LogP contribution in [0.5, 0.6) is 5.75 Å². The zero-order valence-electron chi connectivity index (χ0n) is 20.5. The first-order valence-corrected chi connectivity index (χ1v) is 13.4. The standard InChI is InChI=1S/C27H24N4O5S2/c1-3-24(26(33)30-27-29-23(16-37-27)18-6-4-8-20(14-18)31(34)35)38-22-9-5-7-19(15-22)28-25(32)17-10-12-21(36-2)13-11-17/h4-16,24H,3H2,1-2H3,(H,28,32)(H,29,30,33). The van der Waals surface area contributed by atoms with Crippen LogP contribution in [-0.4, -0.2) is 34.1 Å². The second-order valence-corrected chi connectivity index (χ2v) is 10.2. The number of non-ortho nitro benzene ring substituents is 1. The zero-order chi connectivity index (χ0) is 27.1. The Bertz CT molecular complexity index is 1460. The lowest BCUT2D eigenvalue weighted by atomic mass is 10.1. The lowest BCUT2D eigenvalue weighted by Gasteiger charge is -2.14. The van der Waals surface area contributed by atoms with Crippen molar-refractivity contribution >= 4 is 51.4 Å². The number of aromatic nitrogens is 1. The van der Waals surface area contributed by atoms with Crippen molar-refractivity contribution in [1.29, 1.82) is 0 Å². The Morgan fingerprint density at radius 3 is 2.55 bits per heavy atom. The Hall–Kier alpha value is -4.22. The fourth-order valence-corrected chi connectivity index (χ4v) is 5.24. The maximum atomic E-state index is 13.0. The van der Waals surface area contributed by atoms with Gasteiger partial charge in [0.15, 0.2) is 5.13 Å². The van der Waals surface area contributed by atoms with Crippen molar-refractivity contribution in [2.75, 3.05) is 17.7 Å². The molecule has 0 saturated carbocycles. The summed E-state index contributed by atoms with van der Waals surface area (Å²) in [6.07, 6.45) is 0.571. The highest BCUT2D eigenvalue weighted by atomic mass is 32.2. The number of methoxy groups -OCH3 is 1. The summed E-state index contributed by atoms with van der Waals surface area (Å²) in [5.74, 6) is 0.217. The topological polar surface area (TPSA) is 123 Å². The van der Waals surface area contributed by atoms with Gasteiger partial charge in [-0.05, 0) is 48.9 Å². The monoisotopic (exact) mass is 548 g/mol. The predicted octanol–water partition coefficient (Wildman–Crippen LogP) is 6.49. The van der Waals surface area contributed by atoms with Crippen LogP contribution in [0, 0.1) is 10.1 Å². The number of hydrogen-bond acceptors (Lipinski definition) is 8. The number of anilines is 2. The molecule has 0 saturated heterocycles. The van der Waals surface area contributed by atoms with E-state index in [1.54, 1.807) is 55.0 Å². The molecule has 38 heavy (non-hydrogen) atoms. The molecular weight excluding hydrogens is 524 g/mol. The van der Waals surface area contributed by atoms with E-state index in [1.165, 1.54) is 35.2 Å². The first kappa shape index (κ1) is 26.8. The molecule has 1 atom stereocenters. The SMILES string of the molecule is CCC(Sc1cccc(NC(=O)c2ccc(OC)cc2)c1)C(=O)Nc1nc(-c2cccc([N+](=O)[O-])c2)cs1. The first-order chi connectivity index (χ1) is 18.4. The van der Waals surface area contributed by atoms with Gasteiger partial charge in [0.1, 0.15) is 5.75 Å². The second kappa shape index (κ2) is 12.3. The van der Waals surface area contributed by atoms with E-state index in [4.69, 9.17) is 4.74 Å². The summed E-state index contributed by atoms with van der Waals surface area (Å²) >= 11 is 2.64. The number of hydrogen-bond donors (Lipinski definition) is 2. The third-order valence-corrected chi connectivity index (χ3v) is 7.59. The molecule has 0 aliphatic rings. The fraction of sp³-hybridized carbons (Fsp3) is 0.148. The average molecular weight is 549 g/mol. The molecular formula is C27H24N4O5S2. The lowest BCUT2D eigenvalue weighted by Crippen LogP contribution is -2.24. The maximum Gasteiger partial charge on any atom is 0.270 e. The Balaban J connectivity index is 1.39. The number of nitro benzene ring substituents is 1. The van der Waals surface area contributed by atoms with Gasteiger partial charge in [0.25, 0.3) is 11.6 Å². The van der Waals surface area contributed by atoms with E-state index < -0.39 is 10.2 Å². The van der Waals surface area contributed by atoms with Crippen molar-refractivity contribution in [3.05, 3.63) is 93.9 Å². The molecule has 2 N–H and O–H groups in total. The molecule has 1 unspecified atom stereocenters. The van der Waals surface area contributed by atoms with Crippen LogP contribution in [0.2, 0.25) is 0 Å². The molecule has 0 bridgehead atoms. The number of carbonyl (C=O) groups is 2. The first-order valence-electron chi connectivity index (χ1n) is 11.6. The van der Waals surface area contributed by atoms with E-state index in [1.807, 2.05) is 25.1 Å². The quantitative estimate of drug-likeness (QED) is 0.132. The number of ether oxygens (including phenoxy) is 1. The molecule has 4 aromatic rings. The van der Waals surface area contributed by atoms with Crippen LogP contribution < -0.4 is 15.4 Å². The smallest absolute Gasteiger partial charge is 0.270 e.